The van der Waals surface area contributed by atoms with Crippen molar-refractivity contribution >= 4 is 39.0 Å². The second-order valence-corrected chi connectivity index (χ2v) is 18.7. The Kier molecular flexibility index (Phi) is 7.70. The molecular weight excluding hydrogens is 799 g/mol. The molecule has 0 radical (unpaired) electrons. The Morgan fingerprint density at radius 3 is 1.52 bits per heavy atom. The minimum absolute atomic E-state index is 0.179. The fraction of sp³-hybridized carbons (Fsp3) is 0.0625. The van der Waals surface area contributed by atoms with Crippen LogP contribution in [-0.2, 0) is 10.8 Å². The summed E-state index contributed by atoms with van der Waals surface area (Å²) >= 11 is 0. The molecule has 0 saturated carbocycles. The minimum Gasteiger partial charge on any atom is -0.454 e. The number of nitrogens with zero attached hydrogens (tertiary/aromatic N) is 1. The van der Waals surface area contributed by atoms with Crippen LogP contribution in [0.15, 0.2) is 229 Å². The molecule has 0 bridgehead atoms. The molecule has 2 heteroatoms. The van der Waals surface area contributed by atoms with E-state index in [9.17, 15) is 0 Å². The topological polar surface area (TPSA) is 16.4 Å². The summed E-state index contributed by atoms with van der Waals surface area (Å²) in [7, 11) is 0. The number of hydrogen-bond donors (Lipinski definition) is 0. The van der Waals surface area contributed by atoms with Crippen molar-refractivity contribution in [2.45, 2.75) is 24.7 Å². The third-order valence-electron chi connectivity index (χ3n) is 15.1. The van der Waals surface area contributed by atoms with Gasteiger partial charge in [-0.2, -0.15) is 0 Å². The second kappa shape index (κ2) is 13.7. The van der Waals surface area contributed by atoms with E-state index in [1.807, 2.05) is 0 Å². The largest absolute Gasteiger partial charge is 0.454 e. The van der Waals surface area contributed by atoms with E-state index in [0.29, 0.717) is 0 Å². The lowest BCUT2D eigenvalue weighted by Crippen LogP contribution is -2.29. The van der Waals surface area contributed by atoms with Crippen molar-refractivity contribution in [1.29, 1.82) is 0 Å². The lowest BCUT2D eigenvalue weighted by molar-refractivity contribution is 0.660. The molecule has 11 aromatic rings. The Morgan fingerprint density at radius 1 is 0.333 bits per heavy atom. The molecule has 0 atom stereocenters. The zero-order valence-electron chi connectivity index (χ0n) is 36.7. The first kappa shape index (κ1) is 37.2. The van der Waals surface area contributed by atoms with Gasteiger partial charge in [-0.05, 0) is 114 Å². The third kappa shape index (κ3) is 4.85. The fourth-order valence-electron chi connectivity index (χ4n) is 12.4. The van der Waals surface area contributed by atoms with E-state index in [1.54, 1.807) is 0 Å². The van der Waals surface area contributed by atoms with Crippen LogP contribution in [-0.4, -0.2) is 0 Å². The first-order valence-corrected chi connectivity index (χ1v) is 23.1. The van der Waals surface area contributed by atoms with Gasteiger partial charge in [-0.1, -0.05) is 208 Å². The van der Waals surface area contributed by atoms with Crippen LogP contribution >= 0.6 is 0 Å². The lowest BCUT2D eigenvalue weighted by atomic mass is 9.66. The molecule has 1 aromatic heterocycles. The highest BCUT2D eigenvalue weighted by Crippen LogP contribution is 2.63. The van der Waals surface area contributed by atoms with Crippen LogP contribution in [0.1, 0.15) is 47.2 Å². The Hall–Kier alpha value is -8.20. The van der Waals surface area contributed by atoms with Gasteiger partial charge in [-0.3, -0.25) is 0 Å². The van der Waals surface area contributed by atoms with Crippen LogP contribution in [0.3, 0.4) is 0 Å². The van der Waals surface area contributed by atoms with Crippen LogP contribution < -0.4 is 4.90 Å². The maximum Gasteiger partial charge on any atom is 0.159 e. The number of hydrogen-bond acceptors (Lipinski definition) is 2. The van der Waals surface area contributed by atoms with Gasteiger partial charge in [0.2, 0.25) is 0 Å². The summed E-state index contributed by atoms with van der Waals surface area (Å²) < 4.78 is 6.90. The number of fused-ring (bicyclic) bond motifs is 18. The van der Waals surface area contributed by atoms with Crippen molar-refractivity contribution in [2.24, 2.45) is 0 Å². The van der Waals surface area contributed by atoms with Gasteiger partial charge in [0.25, 0.3) is 0 Å². The first-order chi connectivity index (χ1) is 32.5. The molecule has 66 heavy (non-hydrogen) atoms. The zero-order valence-corrected chi connectivity index (χ0v) is 36.7. The molecule has 10 aromatic carbocycles. The van der Waals surface area contributed by atoms with E-state index in [-0.39, 0.29) is 5.41 Å². The number of anilines is 3. The van der Waals surface area contributed by atoms with Gasteiger partial charge >= 0.3 is 0 Å². The molecule has 0 N–H and O–H groups in total. The predicted octanol–water partition coefficient (Wildman–Crippen LogP) is 17.0. The first-order valence-electron chi connectivity index (χ1n) is 23.1. The van der Waals surface area contributed by atoms with Crippen LogP contribution in [0, 0.1) is 0 Å². The third-order valence-corrected chi connectivity index (χ3v) is 15.1. The highest BCUT2D eigenvalue weighted by molar-refractivity contribution is 6.11. The molecule has 0 aliphatic heterocycles. The highest BCUT2D eigenvalue weighted by Gasteiger charge is 2.50. The molecule has 3 aliphatic carbocycles. The van der Waals surface area contributed by atoms with Gasteiger partial charge in [0.1, 0.15) is 5.58 Å². The van der Waals surface area contributed by atoms with Gasteiger partial charge in [0, 0.05) is 27.4 Å². The Labute approximate surface area is 384 Å². The quantitative estimate of drug-likeness (QED) is 0.176. The van der Waals surface area contributed by atoms with E-state index >= 15 is 0 Å². The number of para-hydroxylation sites is 3. The maximum absolute atomic E-state index is 6.90. The molecule has 2 nitrogen and oxygen atoms in total. The van der Waals surface area contributed by atoms with Gasteiger partial charge in [0.05, 0.1) is 16.8 Å². The fourth-order valence-corrected chi connectivity index (χ4v) is 12.4. The van der Waals surface area contributed by atoms with Crippen molar-refractivity contribution in [2.75, 3.05) is 4.90 Å². The summed E-state index contributed by atoms with van der Waals surface area (Å²) in [6.07, 6.45) is 0. The molecule has 3 aliphatic rings. The van der Waals surface area contributed by atoms with Crippen LogP contribution in [0.25, 0.3) is 77.6 Å². The summed E-state index contributed by atoms with van der Waals surface area (Å²) in [5.74, 6) is 0. The van der Waals surface area contributed by atoms with Gasteiger partial charge in [-0.25, -0.2) is 0 Å². The average Bonchev–Trinajstić information content (AvgIpc) is 3.96. The summed E-state index contributed by atoms with van der Waals surface area (Å²) in [5.41, 5.74) is 24.6. The molecular formula is C64H43NO. The molecule has 1 spiro atoms. The number of furan rings is 1. The maximum atomic E-state index is 6.90. The second-order valence-electron chi connectivity index (χ2n) is 18.7. The Bertz CT molecular complexity index is 3760. The van der Waals surface area contributed by atoms with Crippen molar-refractivity contribution in [3.05, 3.63) is 258 Å². The standard InChI is InChI=1S/C64H43NO/c1-63(2)52-29-11-5-23-45(52)46-38-37-40(39-57(46)63)65(59-35-18-28-50-48-25-10-16-36-60(48)66-62(50)59)58-34-15-9-24-47(58)49-27-17-33-56-61(49)51-26-8-14-32-55(51)64(56)53-30-12-6-21-43(53)41-19-3-4-20-42(41)44-22-7-13-31-54(44)64/h3-39H,1-2H3. The normalized spacial score (nSPS) is 14.2. The predicted molar refractivity (Wildman–Crippen MR) is 273 cm³/mol. The summed E-state index contributed by atoms with van der Waals surface area (Å²) in [6.45, 7) is 4.73. The molecule has 14 rings (SSSR count). The van der Waals surface area contributed by atoms with E-state index in [2.05, 4.69) is 243 Å². The summed E-state index contributed by atoms with van der Waals surface area (Å²) in [4.78, 5) is 2.46. The van der Waals surface area contributed by atoms with Gasteiger partial charge < -0.3 is 9.32 Å². The van der Waals surface area contributed by atoms with Crippen LogP contribution in [0.4, 0.5) is 17.1 Å². The Morgan fingerprint density at radius 2 is 0.803 bits per heavy atom. The van der Waals surface area contributed by atoms with E-state index in [1.165, 1.54) is 83.5 Å². The molecule has 0 saturated heterocycles. The smallest absolute Gasteiger partial charge is 0.159 e. The van der Waals surface area contributed by atoms with Crippen LogP contribution in [0.2, 0.25) is 0 Å². The van der Waals surface area contributed by atoms with Crippen molar-refractivity contribution in [3.8, 4) is 55.6 Å². The SMILES string of the molecule is CC1(C)c2ccccc2-c2ccc(N(c3ccccc3-c3cccc4c3-c3ccccc3C43c4ccccc4-c4ccccc4-c4ccccc43)c3cccc4c3oc3ccccc34)cc21. The van der Waals surface area contributed by atoms with Gasteiger partial charge in [-0.15, -0.1) is 0 Å². The van der Waals surface area contributed by atoms with Crippen molar-refractivity contribution < 1.29 is 4.42 Å². The van der Waals surface area contributed by atoms with E-state index < -0.39 is 5.41 Å². The number of rotatable bonds is 4. The van der Waals surface area contributed by atoms with Crippen LogP contribution in [0.5, 0.6) is 0 Å². The molecule has 0 unspecified atom stereocenters. The number of benzene rings is 10. The van der Waals surface area contributed by atoms with Gasteiger partial charge in [0.15, 0.2) is 5.58 Å². The molecule has 0 fully saturated rings. The van der Waals surface area contributed by atoms with E-state index in [0.717, 1.165) is 44.6 Å². The highest BCUT2D eigenvalue weighted by atomic mass is 16.3. The van der Waals surface area contributed by atoms with Crippen molar-refractivity contribution in [3.63, 3.8) is 0 Å². The Balaban J connectivity index is 1.06. The lowest BCUT2D eigenvalue weighted by Gasteiger charge is -2.35. The minimum atomic E-state index is -0.580. The van der Waals surface area contributed by atoms with Crippen molar-refractivity contribution in [1.82, 2.24) is 0 Å². The van der Waals surface area contributed by atoms with E-state index in [4.69, 9.17) is 4.42 Å². The molecule has 0 amide bonds. The molecule has 1 heterocycles. The average molecular weight is 842 g/mol. The molecule has 310 valence electrons. The zero-order chi connectivity index (χ0) is 43.7. The monoisotopic (exact) mass is 841 g/mol. The summed E-state index contributed by atoms with van der Waals surface area (Å²) in [5, 5.41) is 2.21. The summed E-state index contributed by atoms with van der Waals surface area (Å²) in [6, 6.07) is 83.4.